The van der Waals surface area contributed by atoms with Crippen molar-refractivity contribution in [2.45, 2.75) is 17.5 Å². The third-order valence-corrected chi connectivity index (χ3v) is 3.12. The molecule has 0 saturated carbocycles. The lowest BCUT2D eigenvalue weighted by Crippen LogP contribution is -2.22. The molecule has 1 rings (SSSR count). The monoisotopic (exact) mass is 302 g/mol. The molecule has 0 radical (unpaired) electrons. The maximum Gasteiger partial charge on any atom is 0.417 e. The van der Waals surface area contributed by atoms with Crippen LogP contribution in [0.1, 0.15) is 5.56 Å². The van der Waals surface area contributed by atoms with Crippen molar-refractivity contribution in [3.05, 3.63) is 29.8 Å². The average molecular weight is 302 g/mol. The van der Waals surface area contributed by atoms with Gasteiger partial charge in [-0.2, -0.15) is 26.7 Å². The van der Waals surface area contributed by atoms with Crippen LogP contribution in [0.5, 0.6) is 0 Å². The highest BCUT2D eigenvalue weighted by Gasteiger charge is 2.36. The Morgan fingerprint density at radius 2 is 1.79 bits per heavy atom. The van der Waals surface area contributed by atoms with Gasteiger partial charge in [-0.15, -0.1) is 0 Å². The zero-order chi connectivity index (χ0) is 14.7. The highest BCUT2D eigenvalue weighted by atomic mass is 32.2. The van der Waals surface area contributed by atoms with Gasteiger partial charge >= 0.3 is 6.18 Å². The number of benzene rings is 1. The van der Waals surface area contributed by atoms with Crippen LogP contribution < -0.4 is 4.83 Å². The van der Waals surface area contributed by atoms with Crippen LogP contribution in [0.15, 0.2) is 34.3 Å². The first-order chi connectivity index (χ1) is 8.64. The Bertz CT molecular complexity index is 568. The van der Waals surface area contributed by atoms with Crippen molar-refractivity contribution >= 4 is 16.2 Å². The summed E-state index contributed by atoms with van der Waals surface area (Å²) >= 11 is 0. The number of hydrogen-bond donors (Lipinski definition) is 1. The van der Waals surface area contributed by atoms with Crippen LogP contribution in [-0.2, 0) is 16.2 Å². The van der Waals surface area contributed by atoms with Crippen molar-refractivity contribution in [1.29, 1.82) is 0 Å². The summed E-state index contributed by atoms with van der Waals surface area (Å²) in [5.74, 6) is 0. The van der Waals surface area contributed by atoms with Crippen molar-refractivity contribution in [2.24, 2.45) is 5.10 Å². The van der Waals surface area contributed by atoms with Gasteiger partial charge in [0.25, 0.3) is 16.4 Å². The van der Waals surface area contributed by atoms with Crippen LogP contribution in [0.25, 0.3) is 0 Å². The Hall–Kier alpha value is -1.71. The van der Waals surface area contributed by atoms with Gasteiger partial charge in [0.15, 0.2) is 0 Å². The van der Waals surface area contributed by atoms with E-state index >= 15 is 0 Å². The fraction of sp³-hybridized carbons (Fsp3) is 0.222. The smallest absolute Gasteiger partial charge is 0.204 e. The van der Waals surface area contributed by atoms with Crippen LogP contribution in [-0.4, -0.2) is 21.1 Å². The first kappa shape index (κ1) is 15.3. The molecule has 19 heavy (non-hydrogen) atoms. The molecule has 0 atom stereocenters. The van der Waals surface area contributed by atoms with E-state index in [4.69, 9.17) is 0 Å². The molecule has 0 heterocycles. The molecule has 4 nitrogen and oxygen atoms in total. The van der Waals surface area contributed by atoms with Crippen molar-refractivity contribution in [2.75, 3.05) is 0 Å². The number of nitrogens with zero attached hydrogens (tertiary/aromatic N) is 1. The van der Waals surface area contributed by atoms with Crippen LogP contribution in [0.4, 0.5) is 22.0 Å². The average Bonchev–Trinajstić information content (AvgIpc) is 2.27. The number of hydrogen-bond acceptors (Lipinski definition) is 3. The van der Waals surface area contributed by atoms with Crippen molar-refractivity contribution < 1.29 is 30.4 Å². The summed E-state index contributed by atoms with van der Waals surface area (Å²) in [6.07, 6.45) is -7.97. The summed E-state index contributed by atoms with van der Waals surface area (Å²) in [6.45, 7) is 0. The number of sulfonamides is 1. The SMILES string of the molecule is O=S(=O)(NN=CC(F)F)c1ccccc1C(F)(F)F. The Labute approximate surface area is 105 Å². The zero-order valence-corrected chi connectivity index (χ0v) is 9.84. The molecule has 0 bridgehead atoms. The molecule has 0 aromatic heterocycles. The summed E-state index contributed by atoms with van der Waals surface area (Å²) < 4.78 is 84.2. The van der Waals surface area contributed by atoms with E-state index in [1.165, 1.54) is 4.83 Å². The molecule has 1 N–H and O–H groups in total. The molecular formula is C9H7F5N2O2S. The highest BCUT2D eigenvalue weighted by molar-refractivity contribution is 7.89. The molecule has 106 valence electrons. The molecule has 0 unspecified atom stereocenters. The van der Waals surface area contributed by atoms with Crippen LogP contribution >= 0.6 is 0 Å². The van der Waals surface area contributed by atoms with E-state index in [0.29, 0.717) is 12.1 Å². The lowest BCUT2D eigenvalue weighted by molar-refractivity contribution is -0.139. The molecular weight excluding hydrogens is 295 g/mol. The van der Waals surface area contributed by atoms with Gasteiger partial charge in [0, 0.05) is 0 Å². The molecule has 0 amide bonds. The Balaban J connectivity index is 3.16. The number of hydrazone groups is 1. The summed E-state index contributed by atoms with van der Waals surface area (Å²) in [6, 6.07) is 3.33. The second-order valence-electron chi connectivity index (χ2n) is 3.20. The van der Waals surface area contributed by atoms with E-state index in [-0.39, 0.29) is 6.21 Å². The molecule has 0 fully saturated rings. The lowest BCUT2D eigenvalue weighted by Gasteiger charge is -2.12. The standard InChI is InChI=1S/C9H7F5N2O2S/c10-8(11)5-15-16-19(17,18)7-4-2-1-3-6(7)9(12,13)14/h1-5,8,16H. The number of nitrogens with one attached hydrogen (secondary N) is 1. The van der Waals surface area contributed by atoms with E-state index < -0.39 is 33.1 Å². The van der Waals surface area contributed by atoms with Crippen LogP contribution in [0.3, 0.4) is 0 Å². The molecule has 0 spiro atoms. The minimum Gasteiger partial charge on any atom is -0.204 e. The van der Waals surface area contributed by atoms with Crippen LogP contribution in [0.2, 0.25) is 0 Å². The topological polar surface area (TPSA) is 58.5 Å². The summed E-state index contributed by atoms with van der Waals surface area (Å²) in [7, 11) is -4.67. The Kier molecular flexibility index (Phi) is 4.45. The van der Waals surface area contributed by atoms with Crippen molar-refractivity contribution in [3.8, 4) is 0 Å². The summed E-state index contributed by atoms with van der Waals surface area (Å²) in [4.78, 5) is 0.192. The molecule has 0 saturated heterocycles. The minimum absolute atomic E-state index is 0.0479. The van der Waals surface area contributed by atoms with Crippen molar-refractivity contribution in [3.63, 3.8) is 0 Å². The maximum absolute atomic E-state index is 12.6. The first-order valence-electron chi connectivity index (χ1n) is 4.64. The molecule has 0 aliphatic heterocycles. The second kappa shape index (κ2) is 5.51. The second-order valence-corrected chi connectivity index (χ2v) is 4.83. The third kappa shape index (κ3) is 4.16. The maximum atomic E-state index is 12.6. The Morgan fingerprint density at radius 1 is 1.21 bits per heavy atom. The lowest BCUT2D eigenvalue weighted by atomic mass is 10.2. The normalized spacial score (nSPS) is 13.2. The third-order valence-electron chi connectivity index (χ3n) is 1.84. The molecule has 1 aromatic rings. The fourth-order valence-corrected chi connectivity index (χ4v) is 2.17. The zero-order valence-electron chi connectivity index (χ0n) is 9.03. The van der Waals surface area contributed by atoms with E-state index in [1.54, 1.807) is 0 Å². The predicted molar refractivity (Wildman–Crippen MR) is 56.3 cm³/mol. The van der Waals surface area contributed by atoms with Gasteiger partial charge in [-0.25, -0.2) is 13.6 Å². The highest BCUT2D eigenvalue weighted by Crippen LogP contribution is 2.33. The predicted octanol–water partition coefficient (Wildman–Crippen LogP) is 2.23. The van der Waals surface area contributed by atoms with Gasteiger partial charge in [0.2, 0.25) is 0 Å². The van der Waals surface area contributed by atoms with Gasteiger partial charge in [0.1, 0.15) is 4.90 Å². The minimum atomic E-state index is -4.89. The number of rotatable bonds is 4. The van der Waals surface area contributed by atoms with Gasteiger partial charge in [-0.1, -0.05) is 12.1 Å². The summed E-state index contributed by atoms with van der Waals surface area (Å²) in [5, 5.41) is 2.66. The molecule has 1 aromatic carbocycles. The van der Waals surface area contributed by atoms with Crippen LogP contribution in [0, 0.1) is 0 Å². The number of alkyl halides is 5. The Morgan fingerprint density at radius 3 is 2.32 bits per heavy atom. The van der Waals surface area contributed by atoms with Gasteiger partial charge in [-0.3, -0.25) is 0 Å². The molecule has 0 aliphatic rings. The van der Waals surface area contributed by atoms with Crippen molar-refractivity contribution in [1.82, 2.24) is 4.83 Å². The number of halogens is 5. The fourth-order valence-electron chi connectivity index (χ4n) is 1.14. The van der Waals surface area contributed by atoms with Gasteiger partial charge in [-0.05, 0) is 12.1 Å². The van der Waals surface area contributed by atoms with E-state index in [9.17, 15) is 30.4 Å². The van der Waals surface area contributed by atoms with E-state index in [2.05, 4.69) is 5.10 Å². The largest absolute Gasteiger partial charge is 0.417 e. The quantitative estimate of drug-likeness (QED) is 0.527. The van der Waals surface area contributed by atoms with Gasteiger partial charge in [0.05, 0.1) is 11.8 Å². The first-order valence-corrected chi connectivity index (χ1v) is 6.12. The molecule has 0 aliphatic carbocycles. The van der Waals surface area contributed by atoms with E-state index in [0.717, 1.165) is 12.1 Å². The van der Waals surface area contributed by atoms with Gasteiger partial charge < -0.3 is 0 Å². The molecule has 10 heteroatoms. The summed E-state index contributed by atoms with van der Waals surface area (Å²) in [5.41, 5.74) is -1.41. The van der Waals surface area contributed by atoms with E-state index in [1.807, 2.05) is 0 Å².